The number of nitrogens with zero attached hydrogens (tertiary/aromatic N) is 2. The highest BCUT2D eigenvalue weighted by molar-refractivity contribution is 7.90. The fraction of sp³-hybridized carbons (Fsp3) is 0.600. The Kier molecular flexibility index (Phi) is 3.09. The van der Waals surface area contributed by atoms with Gasteiger partial charge in [-0.25, -0.2) is 18.4 Å². The maximum atomic E-state index is 11.0. The van der Waals surface area contributed by atoms with Crippen LogP contribution in [0, 0.1) is 0 Å². The third-order valence-electron chi connectivity index (χ3n) is 2.64. The van der Waals surface area contributed by atoms with Crippen LogP contribution < -0.4 is 5.32 Å². The van der Waals surface area contributed by atoms with E-state index in [-0.39, 0.29) is 5.75 Å². The molecule has 0 saturated carbocycles. The molecule has 0 amide bonds. The minimum absolute atomic E-state index is 0.131. The Morgan fingerprint density at radius 2 is 2.19 bits per heavy atom. The number of nitrogens with one attached hydrogen (secondary N) is 1. The number of hydrogen-bond acceptors (Lipinski definition) is 5. The number of aromatic nitrogens is 2. The van der Waals surface area contributed by atoms with Gasteiger partial charge in [-0.2, -0.15) is 0 Å². The zero-order chi connectivity index (χ0) is 11.6. The maximum Gasteiger partial charge on any atom is 0.149 e. The average Bonchev–Trinajstić information content (AvgIpc) is 2.64. The Morgan fingerprint density at radius 3 is 2.94 bits per heavy atom. The SMILES string of the molecule is CS(=O)(=O)CCNc1ncnc2c1CCC2. The molecule has 0 fully saturated rings. The monoisotopic (exact) mass is 241 g/mol. The molecule has 0 aliphatic heterocycles. The normalized spacial score (nSPS) is 14.8. The third kappa shape index (κ3) is 2.69. The molecule has 6 heteroatoms. The molecule has 2 rings (SSSR count). The smallest absolute Gasteiger partial charge is 0.149 e. The van der Waals surface area contributed by atoms with Crippen molar-refractivity contribution in [3.05, 3.63) is 17.6 Å². The molecule has 0 aromatic carbocycles. The first-order chi connectivity index (χ1) is 7.56. The third-order valence-corrected chi connectivity index (χ3v) is 3.59. The summed E-state index contributed by atoms with van der Waals surface area (Å²) in [5.41, 5.74) is 2.24. The molecule has 0 unspecified atom stereocenters. The Hall–Kier alpha value is -1.17. The van der Waals surface area contributed by atoms with Crippen molar-refractivity contribution in [2.45, 2.75) is 19.3 Å². The molecule has 16 heavy (non-hydrogen) atoms. The molecule has 1 N–H and O–H groups in total. The minimum atomic E-state index is -2.91. The molecule has 0 saturated heterocycles. The fourth-order valence-electron chi connectivity index (χ4n) is 1.87. The van der Waals surface area contributed by atoms with Crippen molar-refractivity contribution in [1.82, 2.24) is 9.97 Å². The lowest BCUT2D eigenvalue weighted by Gasteiger charge is -2.08. The van der Waals surface area contributed by atoms with E-state index in [2.05, 4.69) is 15.3 Å². The predicted molar refractivity (Wildman–Crippen MR) is 62.3 cm³/mol. The quantitative estimate of drug-likeness (QED) is 0.827. The highest BCUT2D eigenvalue weighted by atomic mass is 32.2. The van der Waals surface area contributed by atoms with Crippen LogP contribution in [0.1, 0.15) is 17.7 Å². The first-order valence-electron chi connectivity index (χ1n) is 5.30. The summed E-state index contributed by atoms with van der Waals surface area (Å²) in [4.78, 5) is 8.36. The van der Waals surface area contributed by atoms with Crippen molar-refractivity contribution in [2.24, 2.45) is 0 Å². The van der Waals surface area contributed by atoms with Gasteiger partial charge in [-0.1, -0.05) is 0 Å². The predicted octanol–water partition coefficient (Wildman–Crippen LogP) is 0.422. The Labute approximate surface area is 95.2 Å². The standard InChI is InChI=1S/C10H15N3O2S/c1-16(14,15)6-5-11-10-8-3-2-4-9(8)12-7-13-10/h7H,2-6H2,1H3,(H,11,12,13). The summed E-state index contributed by atoms with van der Waals surface area (Å²) in [6, 6.07) is 0. The lowest BCUT2D eigenvalue weighted by Crippen LogP contribution is -2.16. The first kappa shape index (κ1) is 11.3. The van der Waals surface area contributed by atoms with Crippen molar-refractivity contribution in [3.8, 4) is 0 Å². The summed E-state index contributed by atoms with van der Waals surface area (Å²) in [6.45, 7) is 0.405. The number of aryl methyl sites for hydroxylation is 1. The van der Waals surface area contributed by atoms with Gasteiger partial charge in [-0.15, -0.1) is 0 Å². The number of hydrogen-bond donors (Lipinski definition) is 1. The van der Waals surface area contributed by atoms with E-state index in [1.807, 2.05) is 0 Å². The second kappa shape index (κ2) is 4.37. The summed E-state index contributed by atoms with van der Waals surface area (Å²) >= 11 is 0. The van der Waals surface area contributed by atoms with Crippen LogP contribution in [-0.4, -0.2) is 36.9 Å². The topological polar surface area (TPSA) is 72.0 Å². The lowest BCUT2D eigenvalue weighted by molar-refractivity contribution is 0.602. The second-order valence-electron chi connectivity index (χ2n) is 4.06. The number of sulfone groups is 1. The Balaban J connectivity index is 2.03. The Bertz CT molecular complexity index is 485. The molecule has 1 aliphatic carbocycles. The Morgan fingerprint density at radius 1 is 1.38 bits per heavy atom. The molecule has 1 aromatic heterocycles. The van der Waals surface area contributed by atoms with Crippen LogP contribution in [0.5, 0.6) is 0 Å². The van der Waals surface area contributed by atoms with Crippen LogP contribution in [0.4, 0.5) is 5.82 Å². The number of anilines is 1. The van der Waals surface area contributed by atoms with E-state index in [9.17, 15) is 8.42 Å². The largest absolute Gasteiger partial charge is 0.369 e. The van der Waals surface area contributed by atoms with Gasteiger partial charge in [0.05, 0.1) is 5.75 Å². The van der Waals surface area contributed by atoms with Gasteiger partial charge in [0.2, 0.25) is 0 Å². The molecular formula is C10H15N3O2S. The van der Waals surface area contributed by atoms with E-state index < -0.39 is 9.84 Å². The molecule has 1 heterocycles. The van der Waals surface area contributed by atoms with Crippen LogP contribution in [0.15, 0.2) is 6.33 Å². The van der Waals surface area contributed by atoms with Gasteiger partial charge in [-0.3, -0.25) is 0 Å². The highest BCUT2D eigenvalue weighted by Crippen LogP contribution is 2.24. The van der Waals surface area contributed by atoms with E-state index in [1.165, 1.54) is 12.6 Å². The van der Waals surface area contributed by atoms with Crippen LogP contribution in [0.3, 0.4) is 0 Å². The number of fused-ring (bicyclic) bond motifs is 1. The van der Waals surface area contributed by atoms with Gasteiger partial charge in [0, 0.05) is 24.1 Å². The van der Waals surface area contributed by atoms with Gasteiger partial charge in [0.25, 0.3) is 0 Å². The summed E-state index contributed by atoms with van der Waals surface area (Å²) in [5, 5.41) is 3.07. The zero-order valence-electron chi connectivity index (χ0n) is 9.23. The van der Waals surface area contributed by atoms with Gasteiger partial charge >= 0.3 is 0 Å². The fourth-order valence-corrected chi connectivity index (χ4v) is 2.34. The average molecular weight is 241 g/mol. The minimum Gasteiger partial charge on any atom is -0.369 e. The molecular weight excluding hydrogens is 226 g/mol. The van der Waals surface area contributed by atoms with Gasteiger partial charge in [0.1, 0.15) is 22.0 Å². The zero-order valence-corrected chi connectivity index (χ0v) is 10.0. The second-order valence-corrected chi connectivity index (χ2v) is 6.32. The molecule has 5 nitrogen and oxygen atoms in total. The first-order valence-corrected chi connectivity index (χ1v) is 7.37. The highest BCUT2D eigenvalue weighted by Gasteiger charge is 2.16. The summed E-state index contributed by atoms with van der Waals surface area (Å²) in [7, 11) is -2.91. The maximum absolute atomic E-state index is 11.0. The van der Waals surface area contributed by atoms with Crippen molar-refractivity contribution < 1.29 is 8.42 Å². The van der Waals surface area contributed by atoms with E-state index in [0.29, 0.717) is 6.54 Å². The molecule has 1 aliphatic rings. The molecule has 0 spiro atoms. The van der Waals surface area contributed by atoms with Crippen LogP contribution in [0.25, 0.3) is 0 Å². The van der Waals surface area contributed by atoms with Crippen molar-refractivity contribution in [1.29, 1.82) is 0 Å². The van der Waals surface area contributed by atoms with E-state index in [0.717, 1.165) is 36.3 Å². The van der Waals surface area contributed by atoms with E-state index in [4.69, 9.17) is 0 Å². The summed E-state index contributed by atoms with van der Waals surface area (Å²) in [5.74, 6) is 0.928. The summed E-state index contributed by atoms with van der Waals surface area (Å²) < 4.78 is 22.0. The van der Waals surface area contributed by atoms with Crippen molar-refractivity contribution in [3.63, 3.8) is 0 Å². The van der Waals surface area contributed by atoms with Crippen molar-refractivity contribution in [2.75, 3.05) is 23.9 Å². The molecule has 88 valence electrons. The molecule has 0 atom stereocenters. The van der Waals surface area contributed by atoms with E-state index in [1.54, 1.807) is 0 Å². The summed E-state index contributed by atoms with van der Waals surface area (Å²) in [6.07, 6.45) is 5.86. The van der Waals surface area contributed by atoms with E-state index >= 15 is 0 Å². The van der Waals surface area contributed by atoms with Gasteiger partial charge in [-0.05, 0) is 19.3 Å². The number of rotatable bonds is 4. The molecule has 1 aromatic rings. The van der Waals surface area contributed by atoms with Crippen LogP contribution in [0.2, 0.25) is 0 Å². The lowest BCUT2D eigenvalue weighted by atomic mass is 10.2. The van der Waals surface area contributed by atoms with Crippen molar-refractivity contribution >= 4 is 15.7 Å². The van der Waals surface area contributed by atoms with Gasteiger partial charge < -0.3 is 5.32 Å². The van der Waals surface area contributed by atoms with Gasteiger partial charge in [0.15, 0.2) is 0 Å². The molecule has 0 radical (unpaired) electrons. The van der Waals surface area contributed by atoms with Crippen LogP contribution >= 0.6 is 0 Å². The molecule has 0 bridgehead atoms. The van der Waals surface area contributed by atoms with Crippen LogP contribution in [-0.2, 0) is 22.7 Å².